The number of quaternary nitrogens is 1. The van der Waals surface area contributed by atoms with Gasteiger partial charge in [-0.2, -0.15) is 0 Å². The first-order valence-electron chi connectivity index (χ1n) is 27.4. The molecule has 0 aromatic carbocycles. The Morgan fingerprint density at radius 1 is 0.552 bits per heavy atom. The molecule has 4 atom stereocenters. The van der Waals surface area contributed by atoms with Crippen LogP contribution in [0.1, 0.15) is 226 Å². The van der Waals surface area contributed by atoms with Crippen molar-refractivity contribution in [2.24, 2.45) is 0 Å². The number of amides is 1. The van der Waals surface area contributed by atoms with Gasteiger partial charge in [-0.25, -0.2) is 0 Å². The third kappa shape index (κ3) is 48.7. The molecular formula is C57H105N2O7P. The number of likely N-dealkylation sites (N-methyl/N-ethyl adjacent to an activating group) is 1. The fraction of sp³-hybridized carbons (Fsp3) is 0.772. The molecule has 0 saturated heterocycles. The van der Waals surface area contributed by atoms with Crippen LogP contribution in [0.2, 0.25) is 0 Å². The molecule has 1 amide bonds. The highest BCUT2D eigenvalue weighted by Gasteiger charge is 2.29. The van der Waals surface area contributed by atoms with Gasteiger partial charge in [0.05, 0.1) is 39.9 Å². The summed E-state index contributed by atoms with van der Waals surface area (Å²) in [5.74, 6) is -0.291. The number of phosphoric ester groups is 1. The third-order valence-corrected chi connectivity index (χ3v) is 13.0. The molecule has 0 fully saturated rings. The lowest BCUT2D eigenvalue weighted by molar-refractivity contribution is -0.870. The molecule has 0 radical (unpaired) electrons. The lowest BCUT2D eigenvalue weighted by Crippen LogP contribution is -2.51. The minimum absolute atomic E-state index is 0.0480. The van der Waals surface area contributed by atoms with Gasteiger partial charge in [0.15, 0.2) is 0 Å². The number of unbranched alkanes of at least 4 members (excludes halogenated alkanes) is 23. The number of hydrogen-bond acceptors (Lipinski definition) is 7. The predicted octanol–water partition coefficient (Wildman–Crippen LogP) is 14.7. The van der Waals surface area contributed by atoms with E-state index in [9.17, 15) is 24.5 Å². The summed E-state index contributed by atoms with van der Waals surface area (Å²) in [7, 11) is 1.10. The van der Waals surface area contributed by atoms with Gasteiger partial charge in [0.1, 0.15) is 19.3 Å². The quantitative estimate of drug-likeness (QED) is 0.0240. The summed E-state index contributed by atoms with van der Waals surface area (Å²) in [6.07, 6.45) is 61.1. The molecule has 0 aliphatic carbocycles. The van der Waals surface area contributed by atoms with Gasteiger partial charge in [-0.05, 0) is 83.5 Å². The molecule has 390 valence electrons. The number of carbonyl (C=O) groups is 1. The van der Waals surface area contributed by atoms with Crippen molar-refractivity contribution in [1.29, 1.82) is 0 Å². The van der Waals surface area contributed by atoms with E-state index in [0.717, 1.165) is 64.2 Å². The topological polar surface area (TPSA) is 128 Å². The van der Waals surface area contributed by atoms with Gasteiger partial charge in [-0.3, -0.25) is 9.36 Å². The number of aliphatic hydroxyl groups is 2. The summed E-state index contributed by atoms with van der Waals surface area (Å²) in [5, 5.41) is 24.7. The zero-order chi connectivity index (χ0) is 49.4. The van der Waals surface area contributed by atoms with E-state index >= 15 is 0 Å². The van der Waals surface area contributed by atoms with Gasteiger partial charge in [0.25, 0.3) is 7.82 Å². The predicted molar refractivity (Wildman–Crippen MR) is 285 cm³/mol. The Hall–Kier alpha value is -2.10. The standard InChI is InChI=1S/C57H105N2O7P/c1-6-8-10-12-14-16-18-20-21-22-23-24-25-26-27-28-29-30-31-32-33-34-35-36-37-38-40-42-44-46-48-50-56(61)58-54(53-66-67(63,64)65-52-51-59(3,4)5)57(62)55(60)49-47-45-43-41-39-19-17-15-13-11-9-7-2/h8,10,14,16,20-21,23-24,26-27,41,43,54-55,57,60,62H,6-7,9,11-13,15,17-19,22,25,28-40,42,44-53H2,1-5H3,(H-,58,61,63,64)/b10-8-,16-14-,21-20-,24-23-,27-26-,43-41+. The number of hydrogen-bond donors (Lipinski definition) is 3. The van der Waals surface area contributed by atoms with E-state index in [4.69, 9.17) is 9.05 Å². The minimum atomic E-state index is -4.68. The Morgan fingerprint density at radius 2 is 0.940 bits per heavy atom. The molecule has 0 spiro atoms. The molecule has 0 aromatic heterocycles. The summed E-state index contributed by atoms with van der Waals surface area (Å²) in [6, 6.07) is -1.09. The second kappa shape index (κ2) is 47.6. The van der Waals surface area contributed by atoms with Crippen molar-refractivity contribution in [3.05, 3.63) is 72.9 Å². The Labute approximate surface area is 413 Å². The molecular weight excluding hydrogens is 856 g/mol. The number of aliphatic hydroxyl groups excluding tert-OH is 2. The van der Waals surface area contributed by atoms with E-state index in [1.807, 2.05) is 21.1 Å². The number of carbonyl (C=O) groups excluding carboxylic acids is 1. The molecule has 0 heterocycles. The van der Waals surface area contributed by atoms with Gasteiger partial charge in [-0.15, -0.1) is 0 Å². The lowest BCUT2D eigenvalue weighted by atomic mass is 10.0. The fourth-order valence-electron chi connectivity index (χ4n) is 7.69. The molecule has 0 saturated carbocycles. The molecule has 9 nitrogen and oxygen atoms in total. The maximum atomic E-state index is 13.0. The molecule has 0 aromatic rings. The van der Waals surface area contributed by atoms with Crippen LogP contribution in [0, 0.1) is 0 Å². The molecule has 0 rings (SSSR count). The second-order valence-electron chi connectivity index (χ2n) is 19.7. The van der Waals surface area contributed by atoms with Crippen LogP contribution in [0.5, 0.6) is 0 Å². The van der Waals surface area contributed by atoms with Crippen molar-refractivity contribution >= 4 is 13.7 Å². The number of nitrogens with zero attached hydrogens (tertiary/aromatic N) is 1. The maximum absolute atomic E-state index is 13.0. The van der Waals surface area contributed by atoms with Crippen LogP contribution in [0.25, 0.3) is 0 Å². The van der Waals surface area contributed by atoms with Crippen LogP contribution < -0.4 is 10.2 Å². The summed E-state index contributed by atoms with van der Waals surface area (Å²) in [4.78, 5) is 25.5. The van der Waals surface area contributed by atoms with Crippen LogP contribution in [0.15, 0.2) is 72.9 Å². The number of nitrogens with one attached hydrogen (secondary N) is 1. The van der Waals surface area contributed by atoms with Crippen molar-refractivity contribution < 1.29 is 38.0 Å². The zero-order valence-corrected chi connectivity index (χ0v) is 44.8. The summed E-state index contributed by atoms with van der Waals surface area (Å²) < 4.78 is 23.2. The van der Waals surface area contributed by atoms with Crippen molar-refractivity contribution in [1.82, 2.24) is 5.32 Å². The van der Waals surface area contributed by atoms with Crippen LogP contribution in [-0.2, 0) is 18.4 Å². The monoisotopic (exact) mass is 961 g/mol. The Balaban J connectivity index is 4.18. The third-order valence-electron chi connectivity index (χ3n) is 12.0. The van der Waals surface area contributed by atoms with Crippen LogP contribution in [-0.4, -0.2) is 79.8 Å². The molecule has 0 aliphatic rings. The van der Waals surface area contributed by atoms with Crippen molar-refractivity contribution in [2.75, 3.05) is 40.9 Å². The smallest absolute Gasteiger partial charge is 0.268 e. The van der Waals surface area contributed by atoms with Crippen molar-refractivity contribution in [3.8, 4) is 0 Å². The Kier molecular flexibility index (Phi) is 46.1. The van der Waals surface area contributed by atoms with Crippen LogP contribution >= 0.6 is 7.82 Å². The molecule has 67 heavy (non-hydrogen) atoms. The normalized spacial score (nSPS) is 15.0. The van der Waals surface area contributed by atoms with Gasteiger partial charge < -0.3 is 34.0 Å². The largest absolute Gasteiger partial charge is 0.756 e. The van der Waals surface area contributed by atoms with Gasteiger partial charge in [-0.1, -0.05) is 209 Å². The highest BCUT2D eigenvalue weighted by molar-refractivity contribution is 7.45. The summed E-state index contributed by atoms with van der Waals surface area (Å²) >= 11 is 0. The zero-order valence-electron chi connectivity index (χ0n) is 43.9. The minimum Gasteiger partial charge on any atom is -0.756 e. The van der Waals surface area contributed by atoms with E-state index in [-0.39, 0.29) is 18.9 Å². The highest BCUT2D eigenvalue weighted by Crippen LogP contribution is 2.38. The van der Waals surface area contributed by atoms with E-state index in [2.05, 4.69) is 92.1 Å². The van der Waals surface area contributed by atoms with Gasteiger partial charge in [0.2, 0.25) is 5.91 Å². The second-order valence-corrected chi connectivity index (χ2v) is 21.1. The average Bonchev–Trinajstić information content (AvgIpc) is 3.29. The molecule has 10 heteroatoms. The maximum Gasteiger partial charge on any atom is 0.268 e. The lowest BCUT2D eigenvalue weighted by Gasteiger charge is -2.31. The van der Waals surface area contributed by atoms with Crippen molar-refractivity contribution in [3.63, 3.8) is 0 Å². The summed E-state index contributed by atoms with van der Waals surface area (Å²) in [5.41, 5.74) is 0. The number of phosphoric acid groups is 1. The SMILES string of the molecule is CC/C=C\C/C=C\C/C=C\C/C=C\C/C=C\CCCCCCCCCCCCCCCCCC(=O)NC(COP(=O)([O-])OCC[N+](C)(C)C)C(O)C(O)CCC/C=C/CCCCCCCCC. The average molecular weight is 961 g/mol. The fourth-order valence-corrected chi connectivity index (χ4v) is 8.42. The van der Waals surface area contributed by atoms with E-state index in [1.165, 1.54) is 122 Å². The molecule has 0 bridgehead atoms. The van der Waals surface area contributed by atoms with E-state index in [0.29, 0.717) is 30.3 Å². The molecule has 0 aliphatic heterocycles. The molecule has 3 N–H and O–H groups in total. The van der Waals surface area contributed by atoms with Crippen molar-refractivity contribution in [2.45, 2.75) is 244 Å². The number of allylic oxidation sites excluding steroid dienone is 12. The Morgan fingerprint density at radius 3 is 1.39 bits per heavy atom. The van der Waals surface area contributed by atoms with E-state index < -0.39 is 32.7 Å². The first kappa shape index (κ1) is 64.9. The van der Waals surface area contributed by atoms with Crippen LogP contribution in [0.3, 0.4) is 0 Å². The first-order valence-corrected chi connectivity index (χ1v) is 28.8. The number of rotatable bonds is 49. The van der Waals surface area contributed by atoms with Gasteiger partial charge >= 0.3 is 0 Å². The highest BCUT2D eigenvalue weighted by atomic mass is 31.2. The Bertz CT molecular complexity index is 1340. The summed E-state index contributed by atoms with van der Waals surface area (Å²) in [6.45, 7) is 4.29. The van der Waals surface area contributed by atoms with Crippen LogP contribution in [0.4, 0.5) is 0 Å². The van der Waals surface area contributed by atoms with E-state index in [1.54, 1.807) is 0 Å². The van der Waals surface area contributed by atoms with Gasteiger partial charge in [0, 0.05) is 6.42 Å². The first-order chi connectivity index (χ1) is 32.4. The molecule has 4 unspecified atom stereocenters.